The van der Waals surface area contributed by atoms with E-state index in [0.29, 0.717) is 12.1 Å². The van der Waals surface area contributed by atoms with E-state index in [2.05, 4.69) is 5.32 Å². The van der Waals surface area contributed by atoms with Gasteiger partial charge >= 0.3 is 0 Å². The number of nitrogens with one attached hydrogen (secondary N) is 1. The first kappa shape index (κ1) is 14.6. The average molecular weight is 276 g/mol. The summed E-state index contributed by atoms with van der Waals surface area (Å²) in [6.07, 6.45) is 1.65. The van der Waals surface area contributed by atoms with Gasteiger partial charge in [-0.15, -0.1) is 0 Å². The van der Waals surface area contributed by atoms with Crippen LogP contribution in [0.1, 0.15) is 31.2 Å². The van der Waals surface area contributed by atoms with Gasteiger partial charge in [0.15, 0.2) is 0 Å². The molecule has 2 aromatic rings. The summed E-state index contributed by atoms with van der Waals surface area (Å²) < 4.78 is 19.5. The maximum atomic E-state index is 14.2. The Balaban J connectivity index is 2.28. The topological polar surface area (TPSA) is 28.4 Å². The van der Waals surface area contributed by atoms with Crippen molar-refractivity contribution in [3.8, 4) is 0 Å². The molecular weight excluding hydrogens is 255 g/mol. The molecule has 0 radical (unpaired) electrons. The number of rotatable bonds is 6. The van der Waals surface area contributed by atoms with Gasteiger partial charge in [-0.1, -0.05) is 13.0 Å². The van der Waals surface area contributed by atoms with Gasteiger partial charge in [-0.05, 0) is 37.7 Å². The highest BCUT2D eigenvalue weighted by Crippen LogP contribution is 2.29. The Morgan fingerprint density at radius 3 is 2.75 bits per heavy atom. The molecule has 1 unspecified atom stereocenters. The van der Waals surface area contributed by atoms with Crippen molar-refractivity contribution in [2.45, 2.75) is 26.4 Å². The zero-order chi connectivity index (χ0) is 14.5. The van der Waals surface area contributed by atoms with Crippen LogP contribution >= 0.6 is 0 Å². The number of hydrogen-bond donors (Lipinski definition) is 1. The van der Waals surface area contributed by atoms with E-state index in [0.717, 1.165) is 18.0 Å². The van der Waals surface area contributed by atoms with Gasteiger partial charge in [0.05, 0.1) is 12.8 Å². The Morgan fingerprint density at radius 1 is 1.30 bits per heavy atom. The van der Waals surface area contributed by atoms with Crippen molar-refractivity contribution < 1.29 is 8.81 Å². The predicted octanol–water partition coefficient (Wildman–Crippen LogP) is 3.73. The van der Waals surface area contributed by atoms with Crippen LogP contribution in [0.2, 0.25) is 0 Å². The van der Waals surface area contributed by atoms with E-state index in [1.54, 1.807) is 12.3 Å². The van der Waals surface area contributed by atoms with Crippen LogP contribution in [0.3, 0.4) is 0 Å². The molecule has 0 amide bonds. The van der Waals surface area contributed by atoms with Gasteiger partial charge in [-0.3, -0.25) is 0 Å². The largest absolute Gasteiger partial charge is 0.467 e. The third kappa shape index (κ3) is 3.20. The molecule has 0 bridgehead atoms. The molecule has 2 rings (SSSR count). The monoisotopic (exact) mass is 276 g/mol. The lowest BCUT2D eigenvalue weighted by atomic mass is 10.0. The molecule has 1 N–H and O–H groups in total. The molecule has 1 heterocycles. The molecule has 0 spiro atoms. The number of hydrogen-bond acceptors (Lipinski definition) is 3. The van der Waals surface area contributed by atoms with Crippen molar-refractivity contribution >= 4 is 5.69 Å². The van der Waals surface area contributed by atoms with E-state index in [4.69, 9.17) is 4.42 Å². The molecule has 0 fully saturated rings. The Labute approximate surface area is 119 Å². The highest BCUT2D eigenvalue weighted by Gasteiger charge is 2.17. The molecule has 1 atom stereocenters. The van der Waals surface area contributed by atoms with E-state index in [-0.39, 0.29) is 11.9 Å². The minimum atomic E-state index is -0.178. The van der Waals surface area contributed by atoms with Crippen LogP contribution < -0.4 is 10.2 Å². The SMILES string of the molecule is CCNC(C)c1c(F)cccc1N(C)Cc1ccco1. The quantitative estimate of drug-likeness (QED) is 0.871. The van der Waals surface area contributed by atoms with E-state index >= 15 is 0 Å². The minimum Gasteiger partial charge on any atom is -0.467 e. The molecule has 4 heteroatoms. The lowest BCUT2D eigenvalue weighted by Crippen LogP contribution is -2.24. The van der Waals surface area contributed by atoms with E-state index in [1.807, 2.05) is 44.0 Å². The summed E-state index contributed by atoms with van der Waals surface area (Å²) in [5.74, 6) is 0.682. The summed E-state index contributed by atoms with van der Waals surface area (Å²) in [5.41, 5.74) is 1.58. The Morgan fingerprint density at radius 2 is 2.10 bits per heavy atom. The van der Waals surface area contributed by atoms with Gasteiger partial charge in [0, 0.05) is 24.3 Å². The molecule has 1 aromatic heterocycles. The standard InChI is InChI=1S/C16H21FN2O/c1-4-18-12(2)16-14(17)8-5-9-15(16)19(3)11-13-7-6-10-20-13/h5-10,12,18H,4,11H2,1-3H3. The molecule has 0 aliphatic carbocycles. The van der Waals surface area contributed by atoms with Crippen LogP contribution in [0.5, 0.6) is 0 Å². The van der Waals surface area contributed by atoms with Crippen molar-refractivity contribution in [3.05, 3.63) is 53.7 Å². The van der Waals surface area contributed by atoms with E-state index in [9.17, 15) is 4.39 Å². The van der Waals surface area contributed by atoms with Gasteiger partial charge in [0.2, 0.25) is 0 Å². The van der Waals surface area contributed by atoms with Crippen LogP contribution in [0.25, 0.3) is 0 Å². The number of benzene rings is 1. The number of furan rings is 1. The fraction of sp³-hybridized carbons (Fsp3) is 0.375. The second-order valence-corrected chi connectivity index (χ2v) is 4.89. The van der Waals surface area contributed by atoms with Crippen molar-refractivity contribution in [2.75, 3.05) is 18.5 Å². The molecule has 108 valence electrons. The van der Waals surface area contributed by atoms with Crippen molar-refractivity contribution in [2.24, 2.45) is 0 Å². The zero-order valence-electron chi connectivity index (χ0n) is 12.2. The zero-order valence-corrected chi connectivity index (χ0v) is 12.2. The minimum absolute atomic E-state index is 0.0322. The van der Waals surface area contributed by atoms with Crippen LogP contribution in [0, 0.1) is 5.82 Å². The van der Waals surface area contributed by atoms with Gasteiger partial charge in [0.25, 0.3) is 0 Å². The maximum absolute atomic E-state index is 14.2. The summed E-state index contributed by atoms with van der Waals surface area (Å²) in [6, 6.07) is 8.93. The average Bonchev–Trinajstić information content (AvgIpc) is 2.91. The normalized spacial score (nSPS) is 12.4. The van der Waals surface area contributed by atoms with Crippen molar-refractivity contribution in [1.82, 2.24) is 5.32 Å². The van der Waals surface area contributed by atoms with Gasteiger partial charge in [-0.25, -0.2) is 4.39 Å². The fourth-order valence-corrected chi connectivity index (χ4v) is 2.42. The first-order chi connectivity index (χ1) is 9.63. The molecule has 0 aliphatic rings. The summed E-state index contributed by atoms with van der Waals surface area (Å²) >= 11 is 0. The summed E-state index contributed by atoms with van der Waals surface area (Å²) in [5, 5.41) is 3.27. The molecule has 1 aromatic carbocycles. The van der Waals surface area contributed by atoms with Crippen LogP contribution in [0.15, 0.2) is 41.0 Å². The van der Waals surface area contributed by atoms with Crippen LogP contribution in [-0.4, -0.2) is 13.6 Å². The highest BCUT2D eigenvalue weighted by molar-refractivity contribution is 5.55. The number of halogens is 1. The molecular formula is C16H21FN2O. The highest BCUT2D eigenvalue weighted by atomic mass is 19.1. The molecule has 0 saturated heterocycles. The second kappa shape index (κ2) is 6.57. The molecule has 3 nitrogen and oxygen atoms in total. The molecule has 0 saturated carbocycles. The Bertz CT molecular complexity index is 539. The summed E-state index contributed by atoms with van der Waals surface area (Å²) in [4.78, 5) is 2.01. The number of anilines is 1. The smallest absolute Gasteiger partial charge is 0.130 e. The van der Waals surface area contributed by atoms with Crippen molar-refractivity contribution in [1.29, 1.82) is 0 Å². The first-order valence-electron chi connectivity index (χ1n) is 6.88. The van der Waals surface area contributed by atoms with E-state index < -0.39 is 0 Å². The van der Waals surface area contributed by atoms with Crippen LogP contribution in [-0.2, 0) is 6.54 Å². The Kier molecular flexibility index (Phi) is 4.79. The number of nitrogens with zero attached hydrogens (tertiary/aromatic N) is 1. The van der Waals surface area contributed by atoms with E-state index in [1.165, 1.54) is 6.07 Å². The lowest BCUT2D eigenvalue weighted by Gasteiger charge is -2.25. The summed E-state index contributed by atoms with van der Waals surface area (Å²) in [6.45, 7) is 5.41. The second-order valence-electron chi connectivity index (χ2n) is 4.89. The van der Waals surface area contributed by atoms with Crippen LogP contribution in [0.4, 0.5) is 10.1 Å². The first-order valence-corrected chi connectivity index (χ1v) is 6.88. The fourth-order valence-electron chi connectivity index (χ4n) is 2.42. The van der Waals surface area contributed by atoms with Crippen molar-refractivity contribution in [3.63, 3.8) is 0 Å². The van der Waals surface area contributed by atoms with Gasteiger partial charge in [0.1, 0.15) is 11.6 Å². The Hall–Kier alpha value is -1.81. The van der Waals surface area contributed by atoms with Gasteiger partial charge in [-0.2, -0.15) is 0 Å². The lowest BCUT2D eigenvalue weighted by molar-refractivity contribution is 0.504. The summed E-state index contributed by atoms with van der Waals surface area (Å²) in [7, 11) is 1.94. The molecule has 0 aliphatic heterocycles. The molecule has 20 heavy (non-hydrogen) atoms. The predicted molar refractivity (Wildman–Crippen MR) is 79.3 cm³/mol. The third-order valence-corrected chi connectivity index (χ3v) is 3.36. The maximum Gasteiger partial charge on any atom is 0.130 e. The van der Waals surface area contributed by atoms with Gasteiger partial charge < -0.3 is 14.6 Å². The third-order valence-electron chi connectivity index (χ3n) is 3.36.